The summed E-state index contributed by atoms with van der Waals surface area (Å²) in [6.07, 6.45) is 0.922. The van der Waals surface area contributed by atoms with Gasteiger partial charge in [-0.2, -0.15) is 0 Å². The maximum absolute atomic E-state index is 5.96. The zero-order chi connectivity index (χ0) is 14.4. The second kappa shape index (κ2) is 7.41. The Balaban J connectivity index is 1.96. The predicted octanol–water partition coefficient (Wildman–Crippen LogP) is 3.49. The molecule has 0 aliphatic rings. The third-order valence-corrected chi connectivity index (χ3v) is 4.21. The van der Waals surface area contributed by atoms with E-state index in [9.17, 15) is 0 Å². The highest BCUT2D eigenvalue weighted by molar-refractivity contribution is 7.09. The third kappa shape index (κ3) is 4.05. The first-order chi connectivity index (χ1) is 9.70. The number of aryl methyl sites for hydroxylation is 2. The van der Waals surface area contributed by atoms with Gasteiger partial charge in [0.05, 0.1) is 17.8 Å². The quantitative estimate of drug-likeness (QED) is 0.847. The molecule has 0 radical (unpaired) electrons. The molecule has 1 aromatic carbocycles. The van der Waals surface area contributed by atoms with Crippen molar-refractivity contribution < 1.29 is 4.74 Å². The Labute approximate surface area is 125 Å². The summed E-state index contributed by atoms with van der Waals surface area (Å²) in [5.74, 6) is 0.985. The third-order valence-electron chi connectivity index (χ3n) is 3.21. The van der Waals surface area contributed by atoms with Crippen LogP contribution >= 0.6 is 11.3 Å². The molecule has 0 amide bonds. The molecule has 1 N–H and O–H groups in total. The number of benzene rings is 1. The molecule has 108 valence electrons. The van der Waals surface area contributed by atoms with Crippen LogP contribution in [0, 0.1) is 13.8 Å². The van der Waals surface area contributed by atoms with Gasteiger partial charge in [0.15, 0.2) is 0 Å². The number of rotatable bonds is 7. The SMILES string of the molecule is CCNCc1cc(C)ccc1OCCc1scnc1C. The average molecular weight is 290 g/mol. The molecule has 4 heteroatoms. The molecule has 2 rings (SSSR count). The number of ether oxygens (including phenoxy) is 1. The highest BCUT2D eigenvalue weighted by Gasteiger charge is 2.06. The van der Waals surface area contributed by atoms with Gasteiger partial charge in [-0.1, -0.05) is 24.6 Å². The van der Waals surface area contributed by atoms with Gasteiger partial charge in [0.25, 0.3) is 0 Å². The number of nitrogens with zero attached hydrogens (tertiary/aromatic N) is 1. The van der Waals surface area contributed by atoms with E-state index in [4.69, 9.17) is 4.74 Å². The van der Waals surface area contributed by atoms with Gasteiger partial charge in [0.1, 0.15) is 5.75 Å². The molecule has 2 aromatic rings. The van der Waals surface area contributed by atoms with Crippen molar-refractivity contribution in [1.82, 2.24) is 10.3 Å². The van der Waals surface area contributed by atoms with E-state index in [1.54, 1.807) is 11.3 Å². The highest BCUT2D eigenvalue weighted by Crippen LogP contribution is 2.21. The molecule has 1 aromatic heterocycles. The van der Waals surface area contributed by atoms with Crippen LogP contribution in [0.25, 0.3) is 0 Å². The second-order valence-electron chi connectivity index (χ2n) is 4.85. The number of aromatic nitrogens is 1. The van der Waals surface area contributed by atoms with E-state index >= 15 is 0 Å². The summed E-state index contributed by atoms with van der Waals surface area (Å²) < 4.78 is 5.96. The lowest BCUT2D eigenvalue weighted by Gasteiger charge is -2.12. The monoisotopic (exact) mass is 290 g/mol. The van der Waals surface area contributed by atoms with Crippen LogP contribution in [0.15, 0.2) is 23.7 Å². The van der Waals surface area contributed by atoms with Gasteiger partial charge < -0.3 is 10.1 Å². The molecule has 0 spiro atoms. The Bertz CT molecular complexity index is 551. The van der Waals surface area contributed by atoms with Gasteiger partial charge in [-0.15, -0.1) is 11.3 Å². The van der Waals surface area contributed by atoms with Crippen molar-refractivity contribution in [3.05, 3.63) is 45.4 Å². The average Bonchev–Trinajstić information content (AvgIpc) is 2.84. The molecular formula is C16H22N2OS. The first-order valence-corrected chi connectivity index (χ1v) is 7.90. The van der Waals surface area contributed by atoms with Crippen LogP contribution in [0.4, 0.5) is 0 Å². The fraction of sp³-hybridized carbons (Fsp3) is 0.438. The van der Waals surface area contributed by atoms with Crippen molar-refractivity contribution in [3.63, 3.8) is 0 Å². The van der Waals surface area contributed by atoms with Crippen LogP contribution in [-0.2, 0) is 13.0 Å². The summed E-state index contributed by atoms with van der Waals surface area (Å²) in [5.41, 5.74) is 5.51. The highest BCUT2D eigenvalue weighted by atomic mass is 32.1. The summed E-state index contributed by atoms with van der Waals surface area (Å²) in [4.78, 5) is 5.58. The molecular weight excluding hydrogens is 268 g/mol. The van der Waals surface area contributed by atoms with Crippen molar-refractivity contribution in [3.8, 4) is 5.75 Å². The zero-order valence-electron chi connectivity index (χ0n) is 12.4. The van der Waals surface area contributed by atoms with Crippen molar-refractivity contribution in [2.24, 2.45) is 0 Å². The minimum atomic E-state index is 0.700. The number of hydrogen-bond donors (Lipinski definition) is 1. The van der Waals surface area contributed by atoms with E-state index in [-0.39, 0.29) is 0 Å². The molecule has 0 fully saturated rings. The topological polar surface area (TPSA) is 34.1 Å². The largest absolute Gasteiger partial charge is 0.493 e. The van der Waals surface area contributed by atoms with Crippen molar-refractivity contribution >= 4 is 11.3 Å². The molecule has 0 aliphatic carbocycles. The Kier molecular flexibility index (Phi) is 5.56. The molecule has 0 saturated carbocycles. The van der Waals surface area contributed by atoms with E-state index in [1.165, 1.54) is 16.0 Å². The molecule has 3 nitrogen and oxygen atoms in total. The van der Waals surface area contributed by atoms with E-state index in [0.717, 1.165) is 31.0 Å². The van der Waals surface area contributed by atoms with Gasteiger partial charge in [-0.3, -0.25) is 0 Å². The maximum Gasteiger partial charge on any atom is 0.123 e. The number of nitrogens with one attached hydrogen (secondary N) is 1. The second-order valence-corrected chi connectivity index (χ2v) is 5.79. The van der Waals surface area contributed by atoms with E-state index in [1.807, 2.05) is 12.4 Å². The van der Waals surface area contributed by atoms with Crippen LogP contribution in [0.1, 0.15) is 28.6 Å². The van der Waals surface area contributed by atoms with Gasteiger partial charge in [0.2, 0.25) is 0 Å². The summed E-state index contributed by atoms with van der Waals surface area (Å²) in [7, 11) is 0. The standard InChI is InChI=1S/C16H22N2OS/c1-4-17-10-14-9-12(2)5-6-15(14)19-8-7-16-13(3)18-11-20-16/h5-6,9,11,17H,4,7-8,10H2,1-3H3. The van der Waals surface area contributed by atoms with Crippen LogP contribution in [-0.4, -0.2) is 18.1 Å². The number of thiazole rings is 1. The van der Waals surface area contributed by atoms with Crippen LogP contribution in [0.3, 0.4) is 0 Å². The first-order valence-electron chi connectivity index (χ1n) is 7.02. The Morgan fingerprint density at radius 1 is 1.30 bits per heavy atom. The van der Waals surface area contributed by atoms with Crippen LogP contribution in [0.2, 0.25) is 0 Å². The molecule has 20 heavy (non-hydrogen) atoms. The van der Waals surface area contributed by atoms with Crippen molar-refractivity contribution in [2.75, 3.05) is 13.2 Å². The molecule has 1 heterocycles. The fourth-order valence-electron chi connectivity index (χ4n) is 2.07. The molecule has 0 saturated heterocycles. The Morgan fingerprint density at radius 2 is 2.15 bits per heavy atom. The molecule has 0 unspecified atom stereocenters. The summed E-state index contributed by atoms with van der Waals surface area (Å²) >= 11 is 1.70. The lowest BCUT2D eigenvalue weighted by atomic mass is 10.1. The lowest BCUT2D eigenvalue weighted by molar-refractivity contribution is 0.318. The first kappa shape index (κ1) is 15.0. The van der Waals surface area contributed by atoms with Crippen molar-refractivity contribution in [1.29, 1.82) is 0 Å². The van der Waals surface area contributed by atoms with Gasteiger partial charge >= 0.3 is 0 Å². The van der Waals surface area contributed by atoms with Crippen LogP contribution < -0.4 is 10.1 Å². The molecule has 0 aliphatic heterocycles. The van der Waals surface area contributed by atoms with E-state index in [0.29, 0.717) is 6.61 Å². The fourth-order valence-corrected chi connectivity index (χ4v) is 2.83. The van der Waals surface area contributed by atoms with Gasteiger partial charge in [0, 0.05) is 23.4 Å². The maximum atomic E-state index is 5.96. The predicted molar refractivity (Wildman–Crippen MR) is 84.6 cm³/mol. The normalized spacial score (nSPS) is 10.8. The Morgan fingerprint density at radius 3 is 2.85 bits per heavy atom. The van der Waals surface area contributed by atoms with Gasteiger partial charge in [-0.25, -0.2) is 4.98 Å². The smallest absolute Gasteiger partial charge is 0.123 e. The zero-order valence-corrected chi connectivity index (χ0v) is 13.2. The van der Waals surface area contributed by atoms with E-state index in [2.05, 4.69) is 42.3 Å². The summed E-state index contributed by atoms with van der Waals surface area (Å²) in [6.45, 7) is 8.79. The summed E-state index contributed by atoms with van der Waals surface area (Å²) in [6, 6.07) is 6.36. The minimum absolute atomic E-state index is 0.700. The van der Waals surface area contributed by atoms with Gasteiger partial charge in [-0.05, 0) is 26.5 Å². The number of hydrogen-bond acceptors (Lipinski definition) is 4. The van der Waals surface area contributed by atoms with Crippen molar-refractivity contribution in [2.45, 2.75) is 33.7 Å². The molecule has 0 atom stereocenters. The Hall–Kier alpha value is -1.39. The summed E-state index contributed by atoms with van der Waals surface area (Å²) in [5, 5.41) is 3.36. The van der Waals surface area contributed by atoms with Crippen LogP contribution in [0.5, 0.6) is 5.75 Å². The molecule has 0 bridgehead atoms. The lowest BCUT2D eigenvalue weighted by Crippen LogP contribution is -2.13. The van der Waals surface area contributed by atoms with E-state index < -0.39 is 0 Å². The minimum Gasteiger partial charge on any atom is -0.493 e.